The van der Waals surface area contributed by atoms with Gasteiger partial charge in [-0.25, -0.2) is 0 Å². The fourth-order valence-electron chi connectivity index (χ4n) is 0.688. The Morgan fingerprint density at radius 1 is 1.17 bits per heavy atom. The SMILES string of the molecule is O[C@H](C#CCCCCl)CCCCl. The minimum Gasteiger partial charge on any atom is -0.380 e. The lowest BCUT2D eigenvalue weighted by atomic mass is 10.2. The van der Waals surface area contributed by atoms with Crippen LogP contribution in [0.3, 0.4) is 0 Å². The van der Waals surface area contributed by atoms with Gasteiger partial charge in [0.15, 0.2) is 0 Å². The molecule has 0 aliphatic rings. The number of halogens is 2. The van der Waals surface area contributed by atoms with Gasteiger partial charge in [-0.05, 0) is 19.3 Å². The molecule has 0 radical (unpaired) electrons. The van der Waals surface area contributed by atoms with Crippen molar-refractivity contribution in [1.82, 2.24) is 0 Å². The summed E-state index contributed by atoms with van der Waals surface area (Å²) in [5, 5.41) is 9.21. The third-order valence-electron chi connectivity index (χ3n) is 1.32. The average molecular weight is 209 g/mol. The van der Waals surface area contributed by atoms with Crippen molar-refractivity contribution in [3.05, 3.63) is 0 Å². The maximum absolute atomic E-state index is 9.21. The molecule has 0 aliphatic heterocycles. The van der Waals surface area contributed by atoms with E-state index in [0.717, 1.165) is 19.3 Å². The summed E-state index contributed by atoms with van der Waals surface area (Å²) in [4.78, 5) is 0. The van der Waals surface area contributed by atoms with Gasteiger partial charge in [0, 0.05) is 18.2 Å². The monoisotopic (exact) mass is 208 g/mol. The maximum Gasteiger partial charge on any atom is 0.114 e. The fourth-order valence-corrected chi connectivity index (χ4v) is 0.976. The quantitative estimate of drug-likeness (QED) is 0.418. The lowest BCUT2D eigenvalue weighted by Gasteiger charge is -1.98. The Kier molecular flexibility index (Phi) is 9.27. The van der Waals surface area contributed by atoms with Crippen LogP contribution in [0.2, 0.25) is 0 Å². The van der Waals surface area contributed by atoms with Crippen molar-refractivity contribution in [2.45, 2.75) is 31.8 Å². The summed E-state index contributed by atoms with van der Waals surface area (Å²) < 4.78 is 0. The first-order chi connectivity index (χ1) is 5.81. The van der Waals surface area contributed by atoms with Crippen LogP contribution in [0.4, 0.5) is 0 Å². The van der Waals surface area contributed by atoms with Crippen LogP contribution < -0.4 is 0 Å². The van der Waals surface area contributed by atoms with Crippen LogP contribution in [0, 0.1) is 11.8 Å². The smallest absolute Gasteiger partial charge is 0.114 e. The molecule has 0 heterocycles. The van der Waals surface area contributed by atoms with E-state index in [1.807, 2.05) is 0 Å². The van der Waals surface area contributed by atoms with Crippen LogP contribution in [0.25, 0.3) is 0 Å². The zero-order chi connectivity index (χ0) is 9.23. The molecule has 1 N–H and O–H groups in total. The summed E-state index contributed by atoms with van der Waals surface area (Å²) in [6.07, 6.45) is 2.61. The number of hydrogen-bond donors (Lipinski definition) is 1. The van der Waals surface area contributed by atoms with E-state index < -0.39 is 6.10 Å². The van der Waals surface area contributed by atoms with Gasteiger partial charge >= 0.3 is 0 Å². The molecule has 1 nitrogen and oxygen atoms in total. The van der Waals surface area contributed by atoms with Crippen molar-refractivity contribution in [2.24, 2.45) is 0 Å². The first-order valence-corrected chi connectivity index (χ1v) is 5.16. The van der Waals surface area contributed by atoms with Crippen LogP contribution in [-0.2, 0) is 0 Å². The standard InChI is InChI=1S/C9H14Cl2O/c10-7-3-1-2-5-9(12)6-4-8-11/h9,12H,1,3-4,6-8H2/t9-/m1/s1. The van der Waals surface area contributed by atoms with Crippen molar-refractivity contribution < 1.29 is 5.11 Å². The topological polar surface area (TPSA) is 20.2 Å². The Hall–Kier alpha value is 0.100. The highest BCUT2D eigenvalue weighted by atomic mass is 35.5. The normalized spacial score (nSPS) is 11.9. The van der Waals surface area contributed by atoms with Gasteiger partial charge in [0.25, 0.3) is 0 Å². The lowest BCUT2D eigenvalue weighted by molar-refractivity contribution is 0.221. The Morgan fingerprint density at radius 3 is 2.42 bits per heavy atom. The van der Waals surface area contributed by atoms with Gasteiger partial charge in [-0.2, -0.15) is 0 Å². The first kappa shape index (κ1) is 12.1. The van der Waals surface area contributed by atoms with Crippen LogP contribution in [0.5, 0.6) is 0 Å². The van der Waals surface area contributed by atoms with Gasteiger partial charge in [0.2, 0.25) is 0 Å². The van der Waals surface area contributed by atoms with Crippen molar-refractivity contribution in [2.75, 3.05) is 11.8 Å². The molecule has 3 heteroatoms. The summed E-state index contributed by atoms with van der Waals surface area (Å²) in [7, 11) is 0. The van der Waals surface area contributed by atoms with Crippen molar-refractivity contribution >= 4 is 23.2 Å². The zero-order valence-corrected chi connectivity index (χ0v) is 8.53. The van der Waals surface area contributed by atoms with Gasteiger partial charge in [0.1, 0.15) is 6.10 Å². The summed E-state index contributed by atoms with van der Waals surface area (Å²) in [6, 6.07) is 0. The van der Waals surface area contributed by atoms with E-state index >= 15 is 0 Å². The maximum atomic E-state index is 9.21. The largest absolute Gasteiger partial charge is 0.380 e. The Bertz CT molecular complexity index is 148. The summed E-state index contributed by atoms with van der Waals surface area (Å²) in [5.74, 6) is 6.82. The second-order valence-corrected chi connectivity index (χ2v) is 3.22. The number of rotatable bonds is 5. The molecular formula is C9H14Cl2O. The van der Waals surface area contributed by atoms with E-state index in [-0.39, 0.29) is 0 Å². The summed E-state index contributed by atoms with van der Waals surface area (Å²) >= 11 is 10.9. The molecular weight excluding hydrogens is 195 g/mol. The average Bonchev–Trinajstić information content (AvgIpc) is 2.09. The molecule has 0 bridgehead atoms. The van der Waals surface area contributed by atoms with E-state index in [9.17, 15) is 5.11 Å². The fraction of sp³-hybridized carbons (Fsp3) is 0.778. The number of alkyl halides is 2. The second kappa shape index (κ2) is 9.19. The predicted octanol–water partition coefficient (Wildman–Crippen LogP) is 2.39. The highest BCUT2D eigenvalue weighted by Gasteiger charge is 1.96. The molecule has 0 spiro atoms. The molecule has 0 aliphatic carbocycles. The first-order valence-electron chi connectivity index (χ1n) is 4.09. The van der Waals surface area contributed by atoms with Crippen LogP contribution >= 0.6 is 23.2 Å². The number of hydrogen-bond acceptors (Lipinski definition) is 1. The van der Waals surface area contributed by atoms with Crippen molar-refractivity contribution in [3.63, 3.8) is 0 Å². The Morgan fingerprint density at radius 2 is 1.83 bits per heavy atom. The third-order valence-corrected chi connectivity index (χ3v) is 1.85. The molecule has 0 aromatic heterocycles. The Balaban J connectivity index is 3.36. The molecule has 12 heavy (non-hydrogen) atoms. The molecule has 0 fully saturated rings. The molecule has 0 rings (SSSR count). The van der Waals surface area contributed by atoms with Gasteiger partial charge < -0.3 is 5.11 Å². The number of aliphatic hydroxyl groups excluding tert-OH is 1. The minimum atomic E-state index is -0.515. The molecule has 0 saturated carbocycles. The van der Waals surface area contributed by atoms with E-state index in [1.54, 1.807) is 0 Å². The third kappa shape index (κ3) is 8.20. The van der Waals surface area contributed by atoms with Crippen LogP contribution in [0.1, 0.15) is 25.7 Å². The van der Waals surface area contributed by atoms with E-state index in [0.29, 0.717) is 18.2 Å². The summed E-state index contributed by atoms with van der Waals surface area (Å²) in [5.41, 5.74) is 0. The number of unbranched alkanes of at least 4 members (excludes halogenated alkanes) is 1. The lowest BCUT2D eigenvalue weighted by Crippen LogP contribution is -2.02. The second-order valence-electron chi connectivity index (χ2n) is 2.46. The van der Waals surface area contributed by atoms with Crippen LogP contribution in [0.15, 0.2) is 0 Å². The zero-order valence-electron chi connectivity index (χ0n) is 7.02. The predicted molar refractivity (Wildman–Crippen MR) is 53.7 cm³/mol. The molecule has 0 aromatic carbocycles. The highest BCUT2D eigenvalue weighted by molar-refractivity contribution is 6.18. The van der Waals surface area contributed by atoms with E-state index in [4.69, 9.17) is 23.2 Å². The Labute approximate surface area is 84.1 Å². The molecule has 0 aromatic rings. The van der Waals surface area contributed by atoms with Crippen molar-refractivity contribution in [1.29, 1.82) is 0 Å². The van der Waals surface area contributed by atoms with Gasteiger partial charge in [-0.3, -0.25) is 0 Å². The van der Waals surface area contributed by atoms with Gasteiger partial charge in [0.05, 0.1) is 0 Å². The highest BCUT2D eigenvalue weighted by Crippen LogP contribution is 1.97. The van der Waals surface area contributed by atoms with Crippen LogP contribution in [-0.4, -0.2) is 23.0 Å². The van der Waals surface area contributed by atoms with Gasteiger partial charge in [-0.15, -0.1) is 29.1 Å². The number of aliphatic hydroxyl groups is 1. The molecule has 0 amide bonds. The molecule has 70 valence electrons. The van der Waals surface area contributed by atoms with E-state index in [1.165, 1.54) is 0 Å². The van der Waals surface area contributed by atoms with E-state index in [2.05, 4.69) is 11.8 Å². The van der Waals surface area contributed by atoms with Gasteiger partial charge in [-0.1, -0.05) is 5.92 Å². The summed E-state index contributed by atoms with van der Waals surface area (Å²) in [6.45, 7) is 0. The van der Waals surface area contributed by atoms with Crippen molar-refractivity contribution in [3.8, 4) is 11.8 Å². The minimum absolute atomic E-state index is 0.515. The molecule has 0 unspecified atom stereocenters. The molecule has 1 atom stereocenters. The molecule has 0 saturated heterocycles.